The Balaban J connectivity index is 0.00000225. The molecule has 0 aromatic heterocycles. The molecule has 150 valence electrons. The van der Waals surface area contributed by atoms with Gasteiger partial charge >= 0.3 is 0 Å². The summed E-state index contributed by atoms with van der Waals surface area (Å²) >= 11 is 0. The Hall–Kier alpha value is -1.35. The first kappa shape index (κ1) is 19.0. The molecule has 2 aliphatic carbocycles. The van der Waals surface area contributed by atoms with E-state index in [0.29, 0.717) is 16.7 Å². The SMILES string of the molecule is CC(C)(C)CCN1CCC2(CC[C@H](NC(=O)C3CC3)c3ccccc32)CC1.[HH]. The van der Waals surface area contributed by atoms with Gasteiger partial charge in [-0.2, -0.15) is 0 Å². The van der Waals surface area contributed by atoms with Crippen molar-refractivity contribution in [2.24, 2.45) is 11.3 Å². The summed E-state index contributed by atoms with van der Waals surface area (Å²) < 4.78 is 0. The van der Waals surface area contributed by atoms with Crippen molar-refractivity contribution in [1.29, 1.82) is 0 Å². The molecular formula is C24H38N2O. The average Bonchev–Trinajstić information content (AvgIpc) is 3.49. The van der Waals surface area contributed by atoms with E-state index in [-0.39, 0.29) is 13.4 Å². The Morgan fingerprint density at radius 2 is 1.85 bits per heavy atom. The Labute approximate surface area is 166 Å². The number of amides is 1. The number of hydrogen-bond acceptors (Lipinski definition) is 2. The minimum absolute atomic E-state index is 0. The maximum atomic E-state index is 12.3. The van der Waals surface area contributed by atoms with Crippen molar-refractivity contribution >= 4 is 5.91 Å². The average molecular weight is 371 g/mol. The highest BCUT2D eigenvalue weighted by atomic mass is 16.2. The van der Waals surface area contributed by atoms with Gasteiger partial charge in [-0.05, 0) is 86.5 Å². The summed E-state index contributed by atoms with van der Waals surface area (Å²) in [5.41, 5.74) is 3.66. The number of carbonyl (C=O) groups is 1. The molecular weight excluding hydrogens is 332 g/mol. The Bertz CT molecular complexity index is 684. The predicted molar refractivity (Wildman–Crippen MR) is 113 cm³/mol. The van der Waals surface area contributed by atoms with E-state index in [0.717, 1.165) is 19.3 Å². The smallest absolute Gasteiger partial charge is 0.223 e. The van der Waals surface area contributed by atoms with E-state index >= 15 is 0 Å². The molecule has 2 fully saturated rings. The minimum Gasteiger partial charge on any atom is -0.349 e. The maximum absolute atomic E-state index is 12.3. The first-order valence-electron chi connectivity index (χ1n) is 11.0. The summed E-state index contributed by atoms with van der Waals surface area (Å²) in [4.78, 5) is 15.0. The van der Waals surface area contributed by atoms with Gasteiger partial charge in [-0.25, -0.2) is 0 Å². The van der Waals surface area contributed by atoms with Crippen molar-refractivity contribution in [3.05, 3.63) is 35.4 Å². The number of nitrogens with zero attached hydrogens (tertiary/aromatic N) is 1. The van der Waals surface area contributed by atoms with E-state index in [1.165, 1.54) is 56.4 Å². The molecule has 1 saturated carbocycles. The fraction of sp³-hybridized carbons (Fsp3) is 0.708. The molecule has 0 bridgehead atoms. The third-order valence-corrected chi connectivity index (χ3v) is 7.07. The molecule has 27 heavy (non-hydrogen) atoms. The Morgan fingerprint density at radius 1 is 1.15 bits per heavy atom. The molecule has 1 aromatic carbocycles. The molecule has 3 aliphatic rings. The van der Waals surface area contributed by atoms with Crippen LogP contribution in [0.3, 0.4) is 0 Å². The summed E-state index contributed by atoms with van der Waals surface area (Å²) in [7, 11) is 0. The normalized spacial score (nSPS) is 25.2. The number of likely N-dealkylation sites (tertiary alicyclic amines) is 1. The third kappa shape index (κ3) is 4.23. The van der Waals surface area contributed by atoms with Crippen LogP contribution in [0.4, 0.5) is 0 Å². The lowest BCUT2D eigenvalue weighted by molar-refractivity contribution is -0.123. The van der Waals surface area contributed by atoms with Gasteiger partial charge < -0.3 is 10.2 Å². The molecule has 1 aromatic rings. The molecule has 3 heteroatoms. The second kappa shape index (κ2) is 7.24. The molecule has 1 heterocycles. The zero-order valence-corrected chi connectivity index (χ0v) is 17.4. The van der Waals surface area contributed by atoms with Crippen LogP contribution in [-0.2, 0) is 10.2 Å². The number of rotatable bonds is 4. The van der Waals surface area contributed by atoms with Crippen LogP contribution < -0.4 is 5.32 Å². The van der Waals surface area contributed by atoms with Crippen molar-refractivity contribution < 1.29 is 6.22 Å². The van der Waals surface area contributed by atoms with Crippen LogP contribution in [0.15, 0.2) is 24.3 Å². The molecule has 1 amide bonds. The fourth-order valence-electron chi connectivity index (χ4n) is 5.00. The molecule has 1 N–H and O–H groups in total. The fourth-order valence-corrected chi connectivity index (χ4v) is 5.00. The van der Waals surface area contributed by atoms with E-state index in [1.54, 1.807) is 0 Å². The van der Waals surface area contributed by atoms with E-state index in [9.17, 15) is 4.79 Å². The van der Waals surface area contributed by atoms with Gasteiger partial charge in [-0.3, -0.25) is 4.79 Å². The van der Waals surface area contributed by atoms with Crippen molar-refractivity contribution in [1.82, 2.24) is 10.2 Å². The molecule has 3 nitrogen and oxygen atoms in total. The molecule has 1 atom stereocenters. The summed E-state index contributed by atoms with van der Waals surface area (Å²) in [5, 5.41) is 3.36. The number of piperidine rings is 1. The van der Waals surface area contributed by atoms with Crippen LogP contribution in [-0.4, -0.2) is 30.4 Å². The first-order valence-corrected chi connectivity index (χ1v) is 11.0. The highest BCUT2D eigenvalue weighted by Gasteiger charge is 2.42. The third-order valence-electron chi connectivity index (χ3n) is 7.07. The first-order chi connectivity index (χ1) is 12.9. The van der Waals surface area contributed by atoms with Crippen molar-refractivity contribution in [3.8, 4) is 0 Å². The second-order valence-corrected chi connectivity index (χ2v) is 10.4. The zero-order valence-electron chi connectivity index (χ0n) is 17.4. The van der Waals surface area contributed by atoms with Crippen LogP contribution in [0.25, 0.3) is 0 Å². The Morgan fingerprint density at radius 3 is 2.52 bits per heavy atom. The quantitative estimate of drug-likeness (QED) is 0.803. The molecule has 0 radical (unpaired) electrons. The summed E-state index contributed by atoms with van der Waals surface area (Å²) in [6.07, 6.45) is 8.26. The molecule has 4 rings (SSSR count). The van der Waals surface area contributed by atoms with E-state index < -0.39 is 0 Å². The van der Waals surface area contributed by atoms with Gasteiger partial charge in [0.25, 0.3) is 0 Å². The van der Waals surface area contributed by atoms with Gasteiger partial charge in [0.2, 0.25) is 5.91 Å². The summed E-state index contributed by atoms with van der Waals surface area (Å²) in [5.74, 6) is 0.571. The minimum atomic E-state index is 0. The van der Waals surface area contributed by atoms with Gasteiger partial charge in [0, 0.05) is 7.34 Å². The van der Waals surface area contributed by atoms with Gasteiger partial charge in [0.15, 0.2) is 0 Å². The monoisotopic (exact) mass is 370 g/mol. The largest absolute Gasteiger partial charge is 0.349 e. The lowest BCUT2D eigenvalue weighted by Crippen LogP contribution is -2.46. The van der Waals surface area contributed by atoms with Crippen LogP contribution in [0.2, 0.25) is 0 Å². The lowest BCUT2D eigenvalue weighted by atomic mass is 9.63. The highest BCUT2D eigenvalue weighted by molar-refractivity contribution is 5.81. The topological polar surface area (TPSA) is 32.3 Å². The van der Waals surface area contributed by atoms with Gasteiger partial charge in [-0.15, -0.1) is 0 Å². The van der Waals surface area contributed by atoms with E-state index in [1.807, 2.05) is 0 Å². The molecule has 1 spiro atoms. The lowest BCUT2D eigenvalue weighted by Gasteiger charge is -2.47. The molecule has 1 saturated heterocycles. The number of fused-ring (bicyclic) bond motifs is 2. The van der Waals surface area contributed by atoms with Crippen molar-refractivity contribution in [2.75, 3.05) is 19.6 Å². The predicted octanol–water partition coefficient (Wildman–Crippen LogP) is 5.06. The number of nitrogens with one attached hydrogen (secondary N) is 1. The van der Waals surface area contributed by atoms with Crippen LogP contribution in [0.5, 0.6) is 0 Å². The highest BCUT2D eigenvalue weighted by Crippen LogP contribution is 2.48. The standard InChI is InChI=1S/C24H36N2O.H2/c1-23(2,3)12-15-26-16-13-24(14-17-26)11-10-21(25-22(27)18-8-9-18)19-6-4-5-7-20(19)24;/h4-7,18,21H,8-17H2,1-3H3,(H,25,27);1H/t21-;/m0./s1. The number of hydrogen-bond donors (Lipinski definition) is 1. The van der Waals surface area contributed by atoms with Crippen molar-refractivity contribution in [3.63, 3.8) is 0 Å². The number of benzene rings is 1. The van der Waals surface area contributed by atoms with Crippen LogP contribution >= 0.6 is 0 Å². The van der Waals surface area contributed by atoms with E-state index in [2.05, 4.69) is 55.3 Å². The molecule has 0 unspecified atom stereocenters. The van der Waals surface area contributed by atoms with Gasteiger partial charge in [-0.1, -0.05) is 45.0 Å². The van der Waals surface area contributed by atoms with Gasteiger partial charge in [0.1, 0.15) is 0 Å². The Kier molecular flexibility index (Phi) is 5.09. The second-order valence-electron chi connectivity index (χ2n) is 10.4. The number of carbonyl (C=O) groups excluding carboxylic acids is 1. The summed E-state index contributed by atoms with van der Waals surface area (Å²) in [6, 6.07) is 9.17. The van der Waals surface area contributed by atoms with E-state index in [4.69, 9.17) is 0 Å². The van der Waals surface area contributed by atoms with Gasteiger partial charge in [0.05, 0.1) is 6.04 Å². The summed E-state index contributed by atoms with van der Waals surface area (Å²) in [6.45, 7) is 10.7. The maximum Gasteiger partial charge on any atom is 0.223 e. The molecule has 1 aliphatic heterocycles. The zero-order chi connectivity index (χ0) is 19.1. The van der Waals surface area contributed by atoms with Crippen LogP contribution in [0, 0.1) is 11.3 Å². The van der Waals surface area contributed by atoms with Crippen molar-refractivity contribution in [2.45, 2.75) is 77.2 Å². The van der Waals surface area contributed by atoms with Crippen LogP contribution in [0.1, 0.15) is 84.3 Å².